The molecular weight excluding hydrogens is 390 g/mol. The molecule has 4 aromatic rings. The Morgan fingerprint density at radius 2 is 1.79 bits per heavy atom. The number of aliphatic hydroxyl groups excluding tert-OH is 2. The lowest BCUT2D eigenvalue weighted by Crippen LogP contribution is -2.41. The van der Waals surface area contributed by atoms with Crippen LogP contribution in [-0.2, 0) is 13.1 Å². The third-order valence-corrected chi connectivity index (χ3v) is 5.34. The fourth-order valence-corrected chi connectivity index (χ4v) is 4.17. The smallest absolute Gasteiger partial charge is 0.275 e. The van der Waals surface area contributed by atoms with E-state index in [1.54, 1.807) is 15.2 Å². The summed E-state index contributed by atoms with van der Waals surface area (Å²) in [6.07, 6.45) is -0.991. The zero-order chi connectivity index (χ0) is 20.9. The number of nitrogens with two attached hydrogens (primary N) is 1. The van der Waals surface area contributed by atoms with E-state index in [1.165, 1.54) is 0 Å². The number of rotatable bonds is 5. The van der Waals surface area contributed by atoms with Gasteiger partial charge in [0.05, 0.1) is 24.8 Å². The molecule has 0 aliphatic rings. The molecule has 0 aliphatic carbocycles. The summed E-state index contributed by atoms with van der Waals surface area (Å²) < 4.78 is 3.47. The average molecular weight is 414 g/mol. The number of benzene rings is 2. The summed E-state index contributed by atoms with van der Waals surface area (Å²) in [5.41, 5.74) is 7.52. The third-order valence-electron chi connectivity index (χ3n) is 5.11. The Labute approximate surface area is 172 Å². The molecule has 2 aromatic heterocycles. The molecule has 0 aliphatic heterocycles. The van der Waals surface area contributed by atoms with Gasteiger partial charge >= 0.3 is 0 Å². The lowest BCUT2D eigenvalue weighted by Gasteiger charge is -2.22. The molecule has 1 atom stereocenters. The van der Waals surface area contributed by atoms with Gasteiger partial charge < -0.3 is 25.1 Å². The van der Waals surface area contributed by atoms with Crippen molar-refractivity contribution in [3.8, 4) is 0 Å². The molecular formula is C22H24ClN3O3. The van der Waals surface area contributed by atoms with Crippen LogP contribution < -0.4 is 11.3 Å². The number of hydrogen-bond donors (Lipinski definition) is 3. The van der Waals surface area contributed by atoms with Crippen molar-refractivity contribution < 1.29 is 10.2 Å². The molecule has 2 heterocycles. The Morgan fingerprint density at radius 1 is 1.10 bits per heavy atom. The van der Waals surface area contributed by atoms with Crippen LogP contribution >= 0.6 is 11.6 Å². The van der Waals surface area contributed by atoms with Gasteiger partial charge in [-0.05, 0) is 38.1 Å². The molecule has 6 nitrogen and oxygen atoms in total. The van der Waals surface area contributed by atoms with Crippen LogP contribution in [-0.4, -0.2) is 37.6 Å². The Bertz CT molecular complexity index is 1280. The predicted octanol–water partition coefficient (Wildman–Crippen LogP) is 2.85. The standard InChI is InChI=1S/C22H24ClN3O3/c1-22(2,24)12-26-17-6-4-3-5-15(17)19-16-9-13(23)7-8-18(16)25(10-14(28)11-27)20(19)21(26)29/h3-9,14,27-28H,10-12,24H2,1-2H3. The van der Waals surface area contributed by atoms with Crippen LogP contribution in [0.1, 0.15) is 13.8 Å². The fourth-order valence-electron chi connectivity index (χ4n) is 4.00. The third kappa shape index (κ3) is 3.42. The van der Waals surface area contributed by atoms with Gasteiger partial charge in [-0.2, -0.15) is 0 Å². The van der Waals surface area contributed by atoms with Gasteiger partial charge in [0.15, 0.2) is 0 Å². The van der Waals surface area contributed by atoms with Crippen LogP contribution in [0.25, 0.3) is 32.7 Å². The highest BCUT2D eigenvalue weighted by molar-refractivity contribution is 6.32. The van der Waals surface area contributed by atoms with E-state index < -0.39 is 18.2 Å². The van der Waals surface area contributed by atoms with E-state index in [9.17, 15) is 15.0 Å². The molecule has 2 aromatic carbocycles. The molecule has 7 heteroatoms. The molecule has 4 rings (SSSR count). The van der Waals surface area contributed by atoms with Crippen molar-refractivity contribution in [2.24, 2.45) is 5.73 Å². The fraction of sp³-hybridized carbons (Fsp3) is 0.318. The largest absolute Gasteiger partial charge is 0.394 e. The molecule has 0 saturated heterocycles. The molecule has 152 valence electrons. The van der Waals surface area contributed by atoms with E-state index in [1.807, 2.05) is 50.2 Å². The first-order valence-electron chi connectivity index (χ1n) is 9.52. The quantitative estimate of drug-likeness (QED) is 0.469. The monoisotopic (exact) mass is 413 g/mol. The Kier molecular flexibility index (Phi) is 4.91. The lowest BCUT2D eigenvalue weighted by atomic mass is 10.0. The van der Waals surface area contributed by atoms with E-state index in [0.717, 1.165) is 27.2 Å². The summed E-state index contributed by atoms with van der Waals surface area (Å²) >= 11 is 6.27. The van der Waals surface area contributed by atoms with E-state index in [2.05, 4.69) is 0 Å². The molecule has 4 N–H and O–H groups in total. The van der Waals surface area contributed by atoms with Crippen molar-refractivity contribution in [2.45, 2.75) is 38.6 Å². The van der Waals surface area contributed by atoms with Crippen LogP contribution in [0.5, 0.6) is 0 Å². The first kappa shape index (κ1) is 19.9. The highest BCUT2D eigenvalue weighted by Gasteiger charge is 2.23. The normalized spacial score (nSPS) is 13.6. The molecule has 0 bridgehead atoms. The zero-order valence-electron chi connectivity index (χ0n) is 16.4. The van der Waals surface area contributed by atoms with E-state index in [-0.39, 0.29) is 12.1 Å². The highest BCUT2D eigenvalue weighted by atomic mass is 35.5. The SMILES string of the molecule is CC(C)(N)Cn1c(=O)c2c(c3ccccc31)c1cc(Cl)ccc1n2CC(O)CO. The lowest BCUT2D eigenvalue weighted by molar-refractivity contribution is 0.0830. The van der Waals surface area contributed by atoms with Gasteiger partial charge in [0.2, 0.25) is 0 Å². The van der Waals surface area contributed by atoms with E-state index in [0.29, 0.717) is 17.1 Å². The highest BCUT2D eigenvalue weighted by Crippen LogP contribution is 2.34. The summed E-state index contributed by atoms with van der Waals surface area (Å²) in [7, 11) is 0. The maximum absolute atomic E-state index is 13.7. The van der Waals surface area contributed by atoms with Crippen LogP contribution in [0.4, 0.5) is 0 Å². The summed E-state index contributed by atoms with van der Waals surface area (Å²) in [6, 6.07) is 13.2. The number of pyridine rings is 1. The van der Waals surface area contributed by atoms with Crippen molar-refractivity contribution in [3.05, 3.63) is 57.8 Å². The van der Waals surface area contributed by atoms with Gasteiger partial charge in [-0.3, -0.25) is 4.79 Å². The number of nitrogens with zero attached hydrogens (tertiary/aromatic N) is 2. The predicted molar refractivity (Wildman–Crippen MR) is 118 cm³/mol. The number of fused-ring (bicyclic) bond motifs is 5. The van der Waals surface area contributed by atoms with Crippen molar-refractivity contribution in [3.63, 3.8) is 0 Å². The van der Waals surface area contributed by atoms with Crippen LogP contribution in [0, 0.1) is 0 Å². The van der Waals surface area contributed by atoms with E-state index in [4.69, 9.17) is 17.3 Å². The van der Waals surface area contributed by atoms with Gasteiger partial charge in [-0.15, -0.1) is 0 Å². The summed E-state index contributed by atoms with van der Waals surface area (Å²) in [4.78, 5) is 13.7. The molecule has 1 unspecified atom stereocenters. The number of halogens is 1. The second kappa shape index (κ2) is 7.15. The maximum atomic E-state index is 13.7. The summed E-state index contributed by atoms with van der Waals surface area (Å²) in [5, 5.41) is 22.6. The Balaban J connectivity index is 2.23. The number of aliphatic hydroxyl groups is 2. The molecule has 0 radical (unpaired) electrons. The average Bonchev–Trinajstić information content (AvgIpc) is 2.97. The van der Waals surface area contributed by atoms with Crippen molar-refractivity contribution in [1.82, 2.24) is 9.13 Å². The first-order valence-corrected chi connectivity index (χ1v) is 9.90. The van der Waals surface area contributed by atoms with Crippen LogP contribution in [0.3, 0.4) is 0 Å². The van der Waals surface area contributed by atoms with Gasteiger partial charge in [0.25, 0.3) is 5.56 Å². The topological polar surface area (TPSA) is 93.4 Å². The van der Waals surface area contributed by atoms with Crippen LogP contribution in [0.2, 0.25) is 5.02 Å². The Morgan fingerprint density at radius 3 is 2.48 bits per heavy atom. The number of aromatic nitrogens is 2. The number of para-hydroxylation sites is 1. The van der Waals surface area contributed by atoms with Crippen molar-refractivity contribution in [1.29, 1.82) is 0 Å². The summed E-state index contributed by atoms with van der Waals surface area (Å²) in [6.45, 7) is 3.80. The second-order valence-electron chi connectivity index (χ2n) is 8.23. The minimum absolute atomic E-state index is 0.0950. The van der Waals surface area contributed by atoms with Crippen molar-refractivity contribution in [2.75, 3.05) is 6.61 Å². The molecule has 29 heavy (non-hydrogen) atoms. The van der Waals surface area contributed by atoms with Gasteiger partial charge in [0, 0.05) is 38.8 Å². The molecule has 0 fully saturated rings. The van der Waals surface area contributed by atoms with Gasteiger partial charge in [-0.1, -0.05) is 29.8 Å². The van der Waals surface area contributed by atoms with E-state index >= 15 is 0 Å². The minimum Gasteiger partial charge on any atom is -0.394 e. The van der Waals surface area contributed by atoms with Gasteiger partial charge in [-0.25, -0.2) is 0 Å². The van der Waals surface area contributed by atoms with Crippen molar-refractivity contribution >= 4 is 44.3 Å². The number of hydrogen-bond acceptors (Lipinski definition) is 4. The molecule has 0 saturated carbocycles. The van der Waals surface area contributed by atoms with Crippen LogP contribution in [0.15, 0.2) is 47.3 Å². The minimum atomic E-state index is -0.991. The Hall–Kier alpha value is -2.38. The molecule has 0 amide bonds. The summed E-state index contributed by atoms with van der Waals surface area (Å²) in [5.74, 6) is 0. The maximum Gasteiger partial charge on any atom is 0.275 e. The zero-order valence-corrected chi connectivity index (χ0v) is 17.1. The molecule has 0 spiro atoms. The van der Waals surface area contributed by atoms with Gasteiger partial charge in [0.1, 0.15) is 5.52 Å². The second-order valence-corrected chi connectivity index (χ2v) is 8.67. The first-order chi connectivity index (χ1) is 13.7.